The van der Waals surface area contributed by atoms with E-state index >= 15 is 0 Å². The molecule has 0 bridgehead atoms. The molecule has 9 nitrogen and oxygen atoms in total. The molecular weight excluding hydrogens is 512 g/mol. The predicted octanol–water partition coefficient (Wildman–Crippen LogP) is 3.70. The van der Waals surface area contributed by atoms with Crippen molar-refractivity contribution in [3.63, 3.8) is 0 Å². The number of unbranched alkanes of at least 4 members (excludes halogenated alkanes) is 1. The van der Waals surface area contributed by atoms with Crippen molar-refractivity contribution in [2.75, 3.05) is 0 Å². The highest BCUT2D eigenvalue weighted by Crippen LogP contribution is 2.40. The highest BCUT2D eigenvalue weighted by molar-refractivity contribution is 6.07. The van der Waals surface area contributed by atoms with E-state index in [2.05, 4.69) is 30.6 Å². The van der Waals surface area contributed by atoms with Gasteiger partial charge in [-0.2, -0.15) is 0 Å². The van der Waals surface area contributed by atoms with Gasteiger partial charge in [-0.15, -0.1) is 0 Å². The van der Waals surface area contributed by atoms with E-state index in [9.17, 15) is 29.4 Å². The van der Waals surface area contributed by atoms with Crippen molar-refractivity contribution < 1.29 is 34.1 Å². The number of carbonyl (C=O) groups excluding carboxylic acids is 4. The molecule has 1 unspecified atom stereocenters. The van der Waals surface area contributed by atoms with Gasteiger partial charge >= 0.3 is 0 Å². The third-order valence-corrected chi connectivity index (χ3v) is 6.81. The Morgan fingerprint density at radius 3 is 2.55 bits per heavy atom. The minimum Gasteiger partial charge on any atom is -0.510 e. The molecule has 2 aliphatic carbocycles. The zero-order valence-electron chi connectivity index (χ0n) is 23.4. The molecular formula is C31H38N2O7. The average Bonchev–Trinajstić information content (AvgIpc) is 3.66. The number of Topliss-reactive ketones (excluding diaryl/α,β-unsaturated/α-hetero) is 2. The number of fused-ring (bicyclic) bond motifs is 1. The molecule has 4 atom stereocenters. The Balaban J connectivity index is 1.60. The van der Waals surface area contributed by atoms with Crippen LogP contribution in [-0.4, -0.2) is 51.4 Å². The molecule has 3 rings (SSSR count). The van der Waals surface area contributed by atoms with E-state index in [0.717, 1.165) is 24.8 Å². The maximum atomic E-state index is 12.8. The molecule has 0 aromatic rings. The van der Waals surface area contributed by atoms with Gasteiger partial charge in [-0.05, 0) is 38.3 Å². The Morgan fingerprint density at radius 1 is 1.15 bits per heavy atom. The van der Waals surface area contributed by atoms with Crippen LogP contribution in [0.5, 0.6) is 0 Å². The molecule has 1 fully saturated rings. The van der Waals surface area contributed by atoms with Gasteiger partial charge in [-0.25, -0.2) is 0 Å². The minimum atomic E-state index is -1.61. The Bertz CT molecular complexity index is 1260. The fourth-order valence-electron chi connectivity index (χ4n) is 4.61. The Morgan fingerprint density at radius 2 is 1.88 bits per heavy atom. The van der Waals surface area contributed by atoms with Gasteiger partial charge < -0.3 is 25.6 Å². The molecule has 40 heavy (non-hydrogen) atoms. The number of nitrogens with one attached hydrogen (secondary N) is 2. The summed E-state index contributed by atoms with van der Waals surface area (Å²) in [5.41, 5.74) is -0.310. The second-order valence-corrected chi connectivity index (χ2v) is 10.4. The van der Waals surface area contributed by atoms with Gasteiger partial charge in [-0.1, -0.05) is 68.7 Å². The number of epoxide rings is 1. The second-order valence-electron chi connectivity index (χ2n) is 10.4. The lowest BCUT2D eigenvalue weighted by molar-refractivity contribution is -0.121. The summed E-state index contributed by atoms with van der Waals surface area (Å²) in [5, 5.41) is 25.7. The van der Waals surface area contributed by atoms with Crippen LogP contribution in [0.2, 0.25) is 0 Å². The SMILES string of the molecule is CCCCC(C)/C=C(C)/C=C(\C)C(=O)NC1=C[C@@](O)(/C=C/C=C/C=C/C(=O)NC2=C(O)CCC2=O)[C@@H]2O[C@@H]2C1=O. The third-order valence-electron chi connectivity index (χ3n) is 6.81. The molecule has 1 saturated heterocycles. The quantitative estimate of drug-likeness (QED) is 0.165. The van der Waals surface area contributed by atoms with Crippen molar-refractivity contribution >= 4 is 23.4 Å². The highest BCUT2D eigenvalue weighted by Gasteiger charge is 2.59. The molecule has 4 N–H and O–H groups in total. The number of ether oxygens (including phenoxy) is 1. The zero-order chi connectivity index (χ0) is 29.4. The van der Waals surface area contributed by atoms with Crippen molar-refractivity contribution in [3.8, 4) is 0 Å². The topological polar surface area (TPSA) is 145 Å². The summed E-state index contributed by atoms with van der Waals surface area (Å²) < 4.78 is 5.39. The lowest BCUT2D eigenvalue weighted by Gasteiger charge is -2.23. The first kappa shape index (κ1) is 30.7. The second kappa shape index (κ2) is 13.5. The van der Waals surface area contributed by atoms with Crippen LogP contribution in [0.15, 0.2) is 83.0 Å². The van der Waals surface area contributed by atoms with Crippen LogP contribution in [0.4, 0.5) is 0 Å². The van der Waals surface area contributed by atoms with Crippen LogP contribution >= 0.6 is 0 Å². The minimum absolute atomic E-state index is 0.0267. The van der Waals surface area contributed by atoms with Gasteiger partial charge in [0.15, 0.2) is 11.9 Å². The Hall–Kier alpha value is -3.82. The summed E-state index contributed by atoms with van der Waals surface area (Å²) in [7, 11) is 0. The number of allylic oxidation sites excluding steroid dienone is 9. The average molecular weight is 551 g/mol. The molecule has 2 amide bonds. The van der Waals surface area contributed by atoms with Crippen LogP contribution in [0.25, 0.3) is 0 Å². The monoisotopic (exact) mass is 550 g/mol. The van der Waals surface area contributed by atoms with Crippen LogP contribution < -0.4 is 10.6 Å². The first-order chi connectivity index (χ1) is 18.9. The van der Waals surface area contributed by atoms with Crippen LogP contribution in [0.1, 0.15) is 59.8 Å². The number of amides is 2. The van der Waals surface area contributed by atoms with E-state index in [1.165, 1.54) is 36.5 Å². The fourth-order valence-corrected chi connectivity index (χ4v) is 4.61. The number of aliphatic hydroxyl groups excluding tert-OH is 1. The van der Waals surface area contributed by atoms with Gasteiger partial charge in [-0.3, -0.25) is 19.2 Å². The largest absolute Gasteiger partial charge is 0.510 e. The third kappa shape index (κ3) is 8.09. The van der Waals surface area contributed by atoms with Crippen LogP contribution in [0, 0.1) is 5.92 Å². The molecule has 214 valence electrons. The summed E-state index contributed by atoms with van der Waals surface area (Å²) in [5.74, 6) is -1.43. The first-order valence-corrected chi connectivity index (χ1v) is 13.6. The van der Waals surface area contributed by atoms with Crippen LogP contribution in [0.3, 0.4) is 0 Å². The number of rotatable bonds is 12. The molecule has 1 heterocycles. The Kier molecular flexibility index (Phi) is 10.4. The van der Waals surface area contributed by atoms with E-state index in [1.54, 1.807) is 19.1 Å². The molecule has 0 aromatic carbocycles. The lowest BCUT2D eigenvalue weighted by Crippen LogP contribution is -2.42. The van der Waals surface area contributed by atoms with Crippen molar-refractivity contribution in [2.45, 2.75) is 77.6 Å². The van der Waals surface area contributed by atoms with Gasteiger partial charge in [0, 0.05) is 24.5 Å². The number of carbonyl (C=O) groups is 4. The summed E-state index contributed by atoms with van der Waals surface area (Å²) in [6, 6.07) is 0. The van der Waals surface area contributed by atoms with Crippen molar-refractivity contribution in [3.05, 3.63) is 83.0 Å². The van der Waals surface area contributed by atoms with Crippen molar-refractivity contribution in [1.82, 2.24) is 10.6 Å². The summed E-state index contributed by atoms with van der Waals surface area (Å²) >= 11 is 0. The number of ketones is 2. The summed E-state index contributed by atoms with van der Waals surface area (Å²) in [6.45, 7) is 7.90. The van der Waals surface area contributed by atoms with E-state index in [0.29, 0.717) is 11.5 Å². The molecule has 0 saturated carbocycles. The van der Waals surface area contributed by atoms with E-state index in [-0.39, 0.29) is 35.8 Å². The normalized spacial score (nSPS) is 26.1. The highest BCUT2D eigenvalue weighted by atomic mass is 16.6. The van der Waals surface area contributed by atoms with Gasteiger partial charge in [0.1, 0.15) is 23.2 Å². The number of hydrogen-bond acceptors (Lipinski definition) is 7. The van der Waals surface area contributed by atoms with E-state index in [4.69, 9.17) is 4.74 Å². The predicted molar refractivity (Wildman–Crippen MR) is 151 cm³/mol. The number of hydrogen-bond donors (Lipinski definition) is 4. The maximum Gasteiger partial charge on any atom is 0.251 e. The molecule has 0 spiro atoms. The summed E-state index contributed by atoms with van der Waals surface area (Å²) in [6.07, 6.45) is 16.0. The van der Waals surface area contributed by atoms with Gasteiger partial charge in [0.2, 0.25) is 11.7 Å². The molecule has 0 aromatic heterocycles. The van der Waals surface area contributed by atoms with Crippen molar-refractivity contribution in [1.29, 1.82) is 0 Å². The molecule has 3 aliphatic rings. The number of aliphatic hydroxyl groups is 2. The smallest absolute Gasteiger partial charge is 0.251 e. The standard InChI is InChI=1S/C31H38N2O7/c1-5-6-11-19(2)16-20(3)17-21(4)30(38)32-22-18-31(39,29-28(40-29)27(22)37)15-10-8-7-9-12-25(36)33-26-23(34)13-14-24(26)35/h7-10,12,15-19,28-29,34,39H,5-6,11,13-14H2,1-4H3,(H,32,38)(H,33,36)/b8-7+,12-9+,15-10+,20-16+,21-17+/t19?,28-,29-,31+/m1/s1. The Labute approximate surface area is 234 Å². The fraction of sp³-hybridized carbons (Fsp3) is 0.419. The lowest BCUT2D eigenvalue weighted by atomic mass is 9.88. The van der Waals surface area contributed by atoms with E-state index in [1.807, 2.05) is 6.92 Å². The van der Waals surface area contributed by atoms with Gasteiger partial charge in [0.05, 0.1) is 5.70 Å². The maximum absolute atomic E-state index is 12.8. The van der Waals surface area contributed by atoms with E-state index < -0.39 is 35.4 Å². The molecule has 1 aliphatic heterocycles. The van der Waals surface area contributed by atoms with Crippen LogP contribution in [-0.2, 0) is 23.9 Å². The summed E-state index contributed by atoms with van der Waals surface area (Å²) in [4.78, 5) is 49.0. The first-order valence-electron chi connectivity index (χ1n) is 13.6. The zero-order valence-corrected chi connectivity index (χ0v) is 23.4. The molecule has 0 radical (unpaired) electrons. The van der Waals surface area contributed by atoms with Crippen molar-refractivity contribution in [2.24, 2.45) is 5.92 Å². The van der Waals surface area contributed by atoms with Gasteiger partial charge in [0.25, 0.3) is 5.91 Å². The molecule has 9 heteroatoms.